The first-order valence-electron chi connectivity index (χ1n) is 6.28. The summed E-state index contributed by atoms with van der Waals surface area (Å²) in [7, 11) is 1.29. The van der Waals surface area contributed by atoms with Gasteiger partial charge in [-0.05, 0) is 25.1 Å². The molecule has 0 radical (unpaired) electrons. The van der Waals surface area contributed by atoms with Crippen LogP contribution in [-0.4, -0.2) is 22.2 Å². The summed E-state index contributed by atoms with van der Waals surface area (Å²) in [5, 5.41) is 9.81. The van der Waals surface area contributed by atoms with Crippen LogP contribution in [0.5, 0.6) is 5.75 Å². The number of halogens is 3. The Hall–Kier alpha value is -2.51. The SMILES string of the molecule is CCOC(=O)c1c(O)c2cc(C(F)(F)F)ccc2n(C)c1=O. The van der Waals surface area contributed by atoms with E-state index in [1.165, 1.54) is 14.0 Å². The van der Waals surface area contributed by atoms with Crippen molar-refractivity contribution in [1.82, 2.24) is 4.57 Å². The summed E-state index contributed by atoms with van der Waals surface area (Å²) in [6.07, 6.45) is -4.61. The number of alkyl halides is 3. The predicted molar refractivity (Wildman–Crippen MR) is 71.8 cm³/mol. The summed E-state index contributed by atoms with van der Waals surface area (Å²) in [5.41, 5.74) is -2.45. The van der Waals surface area contributed by atoms with Crippen molar-refractivity contribution < 1.29 is 27.8 Å². The van der Waals surface area contributed by atoms with Gasteiger partial charge in [-0.25, -0.2) is 4.79 Å². The molecule has 22 heavy (non-hydrogen) atoms. The number of hydrogen-bond acceptors (Lipinski definition) is 4. The van der Waals surface area contributed by atoms with Crippen LogP contribution < -0.4 is 5.56 Å². The highest BCUT2D eigenvalue weighted by Crippen LogP contribution is 2.34. The van der Waals surface area contributed by atoms with Gasteiger partial charge in [-0.3, -0.25) is 4.79 Å². The van der Waals surface area contributed by atoms with Crippen LogP contribution in [0.3, 0.4) is 0 Å². The lowest BCUT2D eigenvalue weighted by atomic mass is 10.1. The van der Waals surface area contributed by atoms with Crippen molar-refractivity contribution in [3.63, 3.8) is 0 Å². The molecule has 5 nitrogen and oxygen atoms in total. The lowest BCUT2D eigenvalue weighted by Crippen LogP contribution is -2.26. The van der Waals surface area contributed by atoms with Gasteiger partial charge in [-0.1, -0.05) is 0 Å². The molecule has 1 N–H and O–H groups in total. The summed E-state index contributed by atoms with van der Waals surface area (Å²) in [4.78, 5) is 23.8. The Morgan fingerprint density at radius 1 is 1.36 bits per heavy atom. The Balaban J connectivity index is 2.84. The van der Waals surface area contributed by atoms with Gasteiger partial charge < -0.3 is 14.4 Å². The molecule has 0 amide bonds. The number of rotatable bonds is 2. The van der Waals surface area contributed by atoms with Crippen LogP contribution in [0.4, 0.5) is 13.2 Å². The Morgan fingerprint density at radius 2 is 2.00 bits per heavy atom. The number of hydrogen-bond donors (Lipinski definition) is 1. The van der Waals surface area contributed by atoms with Crippen molar-refractivity contribution in [1.29, 1.82) is 0 Å². The fourth-order valence-electron chi connectivity index (χ4n) is 2.09. The first-order chi connectivity index (χ1) is 10.2. The predicted octanol–water partition coefficient (Wildman–Crippen LogP) is 2.44. The summed E-state index contributed by atoms with van der Waals surface area (Å²) in [6.45, 7) is 1.46. The van der Waals surface area contributed by atoms with Crippen LogP contribution in [0, 0.1) is 0 Å². The molecule has 0 atom stereocenters. The highest BCUT2D eigenvalue weighted by Gasteiger charge is 2.32. The van der Waals surface area contributed by atoms with Gasteiger partial charge >= 0.3 is 12.1 Å². The van der Waals surface area contributed by atoms with Crippen LogP contribution in [0.25, 0.3) is 10.9 Å². The fraction of sp³-hybridized carbons (Fsp3) is 0.286. The third kappa shape index (κ3) is 2.51. The maximum absolute atomic E-state index is 12.8. The molecule has 1 aromatic carbocycles. The van der Waals surface area contributed by atoms with E-state index in [9.17, 15) is 27.9 Å². The average molecular weight is 315 g/mol. The lowest BCUT2D eigenvalue weighted by Gasteiger charge is -2.13. The minimum Gasteiger partial charge on any atom is -0.506 e. The second kappa shape index (κ2) is 5.36. The van der Waals surface area contributed by atoms with Gasteiger partial charge in [0.25, 0.3) is 5.56 Å². The number of aromatic nitrogens is 1. The average Bonchev–Trinajstić information content (AvgIpc) is 2.44. The quantitative estimate of drug-likeness (QED) is 0.864. The van der Waals surface area contributed by atoms with Crippen molar-refractivity contribution in [2.75, 3.05) is 6.61 Å². The first-order valence-corrected chi connectivity index (χ1v) is 6.28. The smallest absolute Gasteiger partial charge is 0.416 e. The minimum absolute atomic E-state index is 0.0396. The number of carbonyl (C=O) groups excluding carboxylic acids is 1. The van der Waals surface area contributed by atoms with Crippen molar-refractivity contribution >= 4 is 16.9 Å². The number of benzene rings is 1. The zero-order valence-corrected chi connectivity index (χ0v) is 11.7. The van der Waals surface area contributed by atoms with Crippen LogP contribution >= 0.6 is 0 Å². The zero-order chi connectivity index (χ0) is 16.7. The van der Waals surface area contributed by atoms with E-state index in [2.05, 4.69) is 4.74 Å². The molecular weight excluding hydrogens is 303 g/mol. The topological polar surface area (TPSA) is 68.5 Å². The number of esters is 1. The molecule has 0 saturated heterocycles. The largest absolute Gasteiger partial charge is 0.506 e. The van der Waals surface area contributed by atoms with Crippen molar-refractivity contribution in [3.8, 4) is 5.75 Å². The van der Waals surface area contributed by atoms with Gasteiger partial charge in [0.05, 0.1) is 17.7 Å². The minimum atomic E-state index is -4.61. The Morgan fingerprint density at radius 3 is 2.55 bits per heavy atom. The molecule has 0 unspecified atom stereocenters. The Bertz CT molecular complexity index is 808. The Kier molecular flexibility index (Phi) is 3.87. The number of aromatic hydroxyl groups is 1. The van der Waals surface area contributed by atoms with E-state index in [1.807, 2.05) is 0 Å². The highest BCUT2D eigenvalue weighted by molar-refractivity contribution is 5.99. The van der Waals surface area contributed by atoms with Crippen LogP contribution in [0.2, 0.25) is 0 Å². The van der Waals surface area contributed by atoms with Crippen LogP contribution in [0.1, 0.15) is 22.8 Å². The summed E-state index contributed by atoms with van der Waals surface area (Å²) >= 11 is 0. The van der Waals surface area contributed by atoms with E-state index in [1.54, 1.807) is 0 Å². The fourth-order valence-corrected chi connectivity index (χ4v) is 2.09. The van der Waals surface area contributed by atoms with E-state index in [-0.39, 0.29) is 17.5 Å². The van der Waals surface area contributed by atoms with Gasteiger partial charge in [-0.2, -0.15) is 13.2 Å². The Labute approximate surface area is 122 Å². The van der Waals surface area contributed by atoms with Gasteiger partial charge in [0, 0.05) is 12.4 Å². The van der Waals surface area contributed by atoms with Gasteiger partial charge in [0.2, 0.25) is 0 Å². The maximum Gasteiger partial charge on any atom is 0.416 e. The third-order valence-electron chi connectivity index (χ3n) is 3.18. The molecule has 2 aromatic rings. The number of fused-ring (bicyclic) bond motifs is 1. The van der Waals surface area contributed by atoms with Gasteiger partial charge in [0.1, 0.15) is 5.75 Å². The number of pyridine rings is 1. The van der Waals surface area contributed by atoms with Crippen LogP contribution in [-0.2, 0) is 18.0 Å². The summed E-state index contributed by atoms with van der Waals surface area (Å²) in [5.74, 6) is -1.90. The summed E-state index contributed by atoms with van der Waals surface area (Å²) in [6, 6.07) is 2.55. The normalized spacial score (nSPS) is 11.7. The van der Waals surface area contributed by atoms with E-state index < -0.39 is 34.6 Å². The highest BCUT2D eigenvalue weighted by atomic mass is 19.4. The number of aryl methyl sites for hydroxylation is 1. The maximum atomic E-state index is 12.8. The van der Waals surface area contributed by atoms with Gasteiger partial charge in [-0.15, -0.1) is 0 Å². The third-order valence-corrected chi connectivity index (χ3v) is 3.18. The van der Waals surface area contributed by atoms with E-state index in [0.29, 0.717) is 6.07 Å². The van der Waals surface area contributed by atoms with E-state index in [4.69, 9.17) is 0 Å². The molecule has 0 bridgehead atoms. The van der Waals surface area contributed by atoms with Crippen molar-refractivity contribution in [2.45, 2.75) is 13.1 Å². The lowest BCUT2D eigenvalue weighted by molar-refractivity contribution is -0.137. The standard InChI is InChI=1S/C14H12F3NO4/c1-3-22-13(21)10-11(19)8-6-7(14(15,16)17)4-5-9(8)18(2)12(10)20/h4-6,19H,3H2,1-2H3. The number of carbonyl (C=O) groups is 1. The van der Waals surface area contributed by atoms with E-state index >= 15 is 0 Å². The molecule has 2 rings (SSSR count). The molecule has 1 aromatic heterocycles. The molecular formula is C14H12F3NO4. The first kappa shape index (κ1) is 15.9. The van der Waals surface area contributed by atoms with Crippen molar-refractivity contribution in [3.05, 3.63) is 39.7 Å². The van der Waals surface area contributed by atoms with E-state index in [0.717, 1.165) is 16.7 Å². The number of ether oxygens (including phenoxy) is 1. The van der Waals surface area contributed by atoms with Gasteiger partial charge in [0.15, 0.2) is 5.56 Å². The molecule has 1 heterocycles. The molecule has 0 aliphatic carbocycles. The monoisotopic (exact) mass is 315 g/mol. The van der Waals surface area contributed by atoms with Crippen molar-refractivity contribution in [2.24, 2.45) is 7.05 Å². The molecule has 0 saturated carbocycles. The molecule has 118 valence electrons. The number of nitrogens with zero attached hydrogens (tertiary/aromatic N) is 1. The summed E-state index contributed by atoms with van der Waals surface area (Å²) < 4.78 is 43.9. The zero-order valence-electron chi connectivity index (χ0n) is 11.7. The molecule has 0 aliphatic rings. The van der Waals surface area contributed by atoms with Crippen LogP contribution in [0.15, 0.2) is 23.0 Å². The molecule has 0 aliphatic heterocycles. The molecule has 0 spiro atoms. The molecule has 8 heteroatoms. The molecule has 0 fully saturated rings. The second-order valence-electron chi connectivity index (χ2n) is 4.54. The second-order valence-corrected chi connectivity index (χ2v) is 4.54.